The number of aliphatic hydroxyl groups is 4. The van der Waals surface area contributed by atoms with Crippen molar-refractivity contribution in [2.24, 2.45) is 34.4 Å². The molecule has 8 atom stereocenters. The van der Waals surface area contributed by atoms with Crippen molar-refractivity contribution in [2.75, 3.05) is 0 Å². The van der Waals surface area contributed by atoms with E-state index >= 15 is 0 Å². The first-order chi connectivity index (χ1) is 35.9. The van der Waals surface area contributed by atoms with E-state index in [9.17, 15) is 49.2 Å². The van der Waals surface area contributed by atoms with Gasteiger partial charge in [-0.25, -0.2) is 9.59 Å². The highest BCUT2D eigenvalue weighted by Crippen LogP contribution is 2.18. The molecule has 404 valence electrons. The van der Waals surface area contributed by atoms with Crippen LogP contribution in [0, 0.1) is 0 Å². The standard InChI is InChI=1S/4C9H11NO3.2C9H9NO2/c4*10-7(9(12)13)8(11)6-4-2-1-3-5-6;2*10-8(9(11)12)6-7-4-2-1-3-5-7/h4*1-5,7-8,11H,10H2,(H,12,13);2*1-6H,10H2,(H,11,12)/b;;;;8-6+;8-6-. The lowest BCUT2D eigenvalue weighted by molar-refractivity contribution is -0.142. The maximum absolute atomic E-state index is 10.4. The van der Waals surface area contributed by atoms with Crippen molar-refractivity contribution in [3.63, 3.8) is 0 Å². The summed E-state index contributed by atoms with van der Waals surface area (Å²) in [6.07, 6.45) is -1.78. The summed E-state index contributed by atoms with van der Waals surface area (Å²) in [6.45, 7) is 0. The molecule has 0 saturated carbocycles. The molecule has 0 amide bonds. The molecule has 0 aliphatic rings. The highest BCUT2D eigenvalue weighted by molar-refractivity contribution is 5.91. The van der Waals surface area contributed by atoms with E-state index in [-0.39, 0.29) is 11.4 Å². The fraction of sp³-hybridized carbons (Fsp3) is 0.148. The zero-order valence-electron chi connectivity index (χ0n) is 40.5. The van der Waals surface area contributed by atoms with E-state index in [0.29, 0.717) is 22.3 Å². The van der Waals surface area contributed by atoms with Crippen LogP contribution in [0.4, 0.5) is 0 Å². The molecule has 0 fully saturated rings. The fourth-order valence-corrected chi connectivity index (χ4v) is 5.55. The largest absolute Gasteiger partial charge is 0.480 e. The van der Waals surface area contributed by atoms with Crippen LogP contribution in [0.25, 0.3) is 12.2 Å². The topological polar surface area (TPSA) is 461 Å². The van der Waals surface area contributed by atoms with Gasteiger partial charge in [0.1, 0.15) is 60.0 Å². The van der Waals surface area contributed by atoms with Crippen LogP contribution in [-0.4, -0.2) is 111 Å². The Morgan fingerprint density at radius 3 is 0.605 bits per heavy atom. The molecule has 0 aliphatic heterocycles. The van der Waals surface area contributed by atoms with Crippen LogP contribution in [0.15, 0.2) is 193 Å². The number of carboxylic acids is 6. The number of hydrogen-bond acceptors (Lipinski definition) is 16. The lowest BCUT2D eigenvalue weighted by Gasteiger charge is -2.14. The molecule has 0 radical (unpaired) electrons. The second kappa shape index (κ2) is 35.1. The van der Waals surface area contributed by atoms with Crippen molar-refractivity contribution in [1.29, 1.82) is 0 Å². The van der Waals surface area contributed by atoms with Gasteiger partial charge in [-0.1, -0.05) is 182 Å². The van der Waals surface area contributed by atoms with E-state index in [4.69, 9.17) is 65.0 Å². The van der Waals surface area contributed by atoms with E-state index in [1.807, 2.05) is 36.4 Å². The van der Waals surface area contributed by atoms with Crippen molar-refractivity contribution >= 4 is 48.0 Å². The lowest BCUT2D eigenvalue weighted by Crippen LogP contribution is -2.36. The maximum atomic E-state index is 10.4. The molecule has 0 bridgehead atoms. The Kier molecular flexibility index (Phi) is 30.0. The molecular formula is C54H62N6O16. The second-order valence-corrected chi connectivity index (χ2v) is 15.5. The predicted octanol–water partition coefficient (Wildman–Crippen LogP) is 2.67. The number of aliphatic hydroxyl groups excluding tert-OH is 4. The number of benzene rings is 6. The molecule has 22 N–H and O–H groups in total. The molecule has 0 spiro atoms. The third-order valence-electron chi connectivity index (χ3n) is 9.80. The lowest BCUT2D eigenvalue weighted by atomic mass is 10.0. The van der Waals surface area contributed by atoms with Gasteiger partial charge in [-0.05, 0) is 45.5 Å². The third kappa shape index (κ3) is 25.0. The summed E-state index contributed by atoms with van der Waals surface area (Å²) in [5.74, 6) is -7.04. The van der Waals surface area contributed by atoms with Crippen molar-refractivity contribution in [3.8, 4) is 0 Å². The van der Waals surface area contributed by atoms with Crippen molar-refractivity contribution in [2.45, 2.75) is 48.6 Å². The van der Waals surface area contributed by atoms with Crippen LogP contribution in [0.1, 0.15) is 57.8 Å². The Balaban J connectivity index is 0.000000456. The number of aliphatic carboxylic acids is 6. The monoisotopic (exact) mass is 1050 g/mol. The Morgan fingerprint density at radius 1 is 0.303 bits per heavy atom. The summed E-state index contributed by atoms with van der Waals surface area (Å²) in [4.78, 5) is 62.3. The van der Waals surface area contributed by atoms with Gasteiger partial charge in [0.05, 0.1) is 0 Å². The first-order valence-electron chi connectivity index (χ1n) is 22.3. The van der Waals surface area contributed by atoms with E-state index in [2.05, 4.69) is 0 Å². The van der Waals surface area contributed by atoms with Crippen LogP contribution in [-0.2, 0) is 28.8 Å². The van der Waals surface area contributed by atoms with Gasteiger partial charge in [0.2, 0.25) is 0 Å². The van der Waals surface area contributed by atoms with E-state index < -0.39 is 84.4 Å². The zero-order chi connectivity index (χ0) is 57.3. The van der Waals surface area contributed by atoms with Gasteiger partial charge in [-0.2, -0.15) is 0 Å². The zero-order valence-corrected chi connectivity index (χ0v) is 40.5. The fourth-order valence-electron chi connectivity index (χ4n) is 5.55. The molecule has 0 aromatic heterocycles. The number of carboxylic acid groups (broad SMARTS) is 6. The van der Waals surface area contributed by atoms with E-state index in [1.54, 1.807) is 146 Å². The van der Waals surface area contributed by atoms with Crippen molar-refractivity contribution in [1.82, 2.24) is 0 Å². The highest BCUT2D eigenvalue weighted by Gasteiger charge is 2.25. The third-order valence-corrected chi connectivity index (χ3v) is 9.80. The van der Waals surface area contributed by atoms with Crippen LogP contribution < -0.4 is 34.4 Å². The molecule has 6 aromatic rings. The Bertz CT molecular complexity index is 2410. The summed E-state index contributed by atoms with van der Waals surface area (Å²) in [6, 6.07) is 46.9. The van der Waals surface area contributed by atoms with E-state index in [1.165, 1.54) is 12.2 Å². The van der Waals surface area contributed by atoms with Gasteiger partial charge in [-0.15, -0.1) is 0 Å². The Morgan fingerprint density at radius 2 is 0.461 bits per heavy atom. The average molecular weight is 1050 g/mol. The maximum Gasteiger partial charge on any atom is 0.351 e. The molecule has 22 nitrogen and oxygen atoms in total. The molecule has 76 heavy (non-hydrogen) atoms. The Hall–Kier alpha value is -9.10. The SMILES string of the molecule is N/C(=C/c1ccccc1)C(=O)O.N/C(=C\c1ccccc1)C(=O)O.NC(C(=O)O)C(O)c1ccccc1.NC(C(=O)O)C(O)c1ccccc1.NC(C(=O)O)C(O)c1ccccc1.NC(C(=O)O)C(O)c1ccccc1. The molecule has 6 aromatic carbocycles. The Labute approximate surface area is 436 Å². The number of nitrogens with two attached hydrogens (primary N) is 6. The summed E-state index contributed by atoms with van der Waals surface area (Å²) < 4.78 is 0. The van der Waals surface area contributed by atoms with Crippen molar-refractivity contribution in [3.05, 3.63) is 227 Å². The number of rotatable bonds is 16. The van der Waals surface area contributed by atoms with E-state index in [0.717, 1.165) is 11.1 Å². The molecular weight excluding hydrogens is 989 g/mol. The number of hydrogen-bond donors (Lipinski definition) is 16. The summed E-state index contributed by atoms with van der Waals surface area (Å²) >= 11 is 0. The number of carbonyl (C=O) groups is 6. The van der Waals surface area contributed by atoms with Gasteiger partial charge >= 0.3 is 35.8 Å². The first-order valence-corrected chi connectivity index (χ1v) is 22.3. The molecule has 0 aliphatic carbocycles. The normalized spacial score (nSPS) is 13.7. The average Bonchev–Trinajstić information content (AvgIpc) is 3.43. The highest BCUT2D eigenvalue weighted by atomic mass is 16.4. The summed E-state index contributed by atoms with van der Waals surface area (Å²) in [5.41, 5.74) is 34.7. The van der Waals surface area contributed by atoms with Gasteiger partial charge in [0, 0.05) is 0 Å². The van der Waals surface area contributed by atoms with Crippen LogP contribution in [0.2, 0.25) is 0 Å². The van der Waals surface area contributed by atoms with Gasteiger partial charge in [0.15, 0.2) is 0 Å². The van der Waals surface area contributed by atoms with Gasteiger partial charge < -0.3 is 85.5 Å². The minimum atomic E-state index is -1.28. The summed E-state index contributed by atoms with van der Waals surface area (Å²) in [7, 11) is 0. The molecule has 8 unspecified atom stereocenters. The van der Waals surface area contributed by atoms with Crippen LogP contribution >= 0.6 is 0 Å². The quantitative estimate of drug-likeness (QED) is 0.0619. The molecule has 0 saturated heterocycles. The minimum absolute atomic E-state index is 0.152. The smallest absolute Gasteiger partial charge is 0.351 e. The van der Waals surface area contributed by atoms with Crippen molar-refractivity contribution < 1.29 is 79.8 Å². The van der Waals surface area contributed by atoms with Gasteiger partial charge in [0.25, 0.3) is 0 Å². The van der Waals surface area contributed by atoms with Crippen LogP contribution in [0.3, 0.4) is 0 Å². The minimum Gasteiger partial charge on any atom is -0.480 e. The molecule has 0 heterocycles. The van der Waals surface area contributed by atoms with Crippen LogP contribution in [0.5, 0.6) is 0 Å². The molecule has 6 rings (SSSR count). The first kappa shape index (κ1) is 64.9. The summed E-state index contributed by atoms with van der Waals surface area (Å²) in [5, 5.41) is 88.8. The second-order valence-electron chi connectivity index (χ2n) is 15.5. The van der Waals surface area contributed by atoms with Gasteiger partial charge in [-0.3, -0.25) is 19.2 Å². The molecule has 22 heteroatoms. The predicted molar refractivity (Wildman–Crippen MR) is 281 cm³/mol.